The lowest BCUT2D eigenvalue weighted by atomic mass is 9.96. The van der Waals surface area contributed by atoms with Crippen LogP contribution in [0.25, 0.3) is 11.5 Å². The third-order valence-corrected chi connectivity index (χ3v) is 6.34. The number of piperidine rings is 1. The summed E-state index contributed by atoms with van der Waals surface area (Å²) in [6, 6.07) is 16.6. The van der Waals surface area contributed by atoms with Crippen LogP contribution < -0.4 is 5.32 Å². The van der Waals surface area contributed by atoms with Crippen molar-refractivity contribution in [1.29, 1.82) is 0 Å². The summed E-state index contributed by atoms with van der Waals surface area (Å²) in [5.74, 6) is -0.454. The molecule has 0 spiro atoms. The van der Waals surface area contributed by atoms with Crippen molar-refractivity contribution in [3.63, 3.8) is 0 Å². The van der Waals surface area contributed by atoms with E-state index in [1.807, 2.05) is 24.5 Å². The Bertz CT molecular complexity index is 1330. The number of rotatable bonds is 5. The number of aromatic nitrogens is 3. The minimum Gasteiger partial charge on any atom is -0.338 e. The zero-order valence-electron chi connectivity index (χ0n) is 18.8. The van der Waals surface area contributed by atoms with Gasteiger partial charge >= 0.3 is 0 Å². The molecule has 1 N–H and O–H groups in total. The van der Waals surface area contributed by atoms with Crippen molar-refractivity contribution in [2.24, 2.45) is 5.92 Å². The molecule has 2 aromatic carbocycles. The molecule has 35 heavy (non-hydrogen) atoms. The van der Waals surface area contributed by atoms with E-state index in [4.69, 9.17) is 11.6 Å². The van der Waals surface area contributed by atoms with Gasteiger partial charge in [0.1, 0.15) is 11.4 Å². The van der Waals surface area contributed by atoms with Crippen LogP contribution in [0.5, 0.6) is 0 Å². The Balaban J connectivity index is 1.39. The van der Waals surface area contributed by atoms with Gasteiger partial charge < -0.3 is 14.8 Å². The molecule has 0 aliphatic carbocycles. The highest BCUT2D eigenvalue weighted by Crippen LogP contribution is 2.25. The molecule has 0 saturated carbocycles. The third kappa shape index (κ3) is 4.83. The molecule has 1 fully saturated rings. The summed E-state index contributed by atoms with van der Waals surface area (Å²) in [5, 5.41) is 7.95. The number of carbonyl (C=O) groups is 2. The normalized spacial score (nSPS) is 15.7. The molecule has 2 amide bonds. The predicted octanol–water partition coefficient (Wildman–Crippen LogP) is 4.95. The SMILES string of the molecule is O=C(Nc1ccc(Cl)cc1)[C@@H]1CCCN(C(=O)c2cnn(-c3ccc(F)cc3)c2-n2cccc2)C1. The minimum atomic E-state index is -0.351. The van der Waals surface area contributed by atoms with E-state index in [0.29, 0.717) is 47.3 Å². The number of carbonyl (C=O) groups excluding carboxylic acids is 2. The highest BCUT2D eigenvalue weighted by Gasteiger charge is 2.31. The predicted molar refractivity (Wildman–Crippen MR) is 132 cm³/mol. The van der Waals surface area contributed by atoms with Gasteiger partial charge in [-0.15, -0.1) is 0 Å². The van der Waals surface area contributed by atoms with Crippen LogP contribution >= 0.6 is 11.6 Å². The number of nitrogens with one attached hydrogen (secondary N) is 1. The number of nitrogens with zero attached hydrogens (tertiary/aromatic N) is 4. The topological polar surface area (TPSA) is 72.2 Å². The van der Waals surface area contributed by atoms with Gasteiger partial charge in [-0.1, -0.05) is 11.6 Å². The molecule has 1 aliphatic rings. The molecule has 0 unspecified atom stereocenters. The number of halogens is 2. The lowest BCUT2D eigenvalue weighted by Crippen LogP contribution is -2.44. The number of hydrogen-bond donors (Lipinski definition) is 1. The van der Waals surface area contributed by atoms with Crippen LogP contribution in [0.2, 0.25) is 5.02 Å². The second kappa shape index (κ2) is 9.76. The van der Waals surface area contributed by atoms with Crippen molar-refractivity contribution in [2.75, 3.05) is 18.4 Å². The van der Waals surface area contributed by atoms with Crippen LogP contribution in [-0.4, -0.2) is 44.2 Å². The molecule has 5 rings (SSSR count). The molecule has 1 saturated heterocycles. The molecule has 3 heterocycles. The first-order valence-electron chi connectivity index (χ1n) is 11.3. The van der Waals surface area contributed by atoms with Crippen LogP contribution in [0.4, 0.5) is 10.1 Å². The van der Waals surface area contributed by atoms with Crippen molar-refractivity contribution in [2.45, 2.75) is 12.8 Å². The summed E-state index contributed by atoms with van der Waals surface area (Å²) in [7, 11) is 0. The number of amides is 2. The number of benzene rings is 2. The Morgan fingerprint density at radius 2 is 1.74 bits per heavy atom. The first kappa shape index (κ1) is 22.9. The first-order chi connectivity index (χ1) is 17.0. The lowest BCUT2D eigenvalue weighted by Gasteiger charge is -2.32. The highest BCUT2D eigenvalue weighted by atomic mass is 35.5. The smallest absolute Gasteiger partial charge is 0.259 e. The molecule has 4 aromatic rings. The van der Waals surface area contributed by atoms with E-state index in [9.17, 15) is 14.0 Å². The molecule has 1 atom stereocenters. The van der Waals surface area contributed by atoms with Gasteiger partial charge in [-0.05, 0) is 73.5 Å². The fourth-order valence-corrected chi connectivity index (χ4v) is 4.44. The summed E-state index contributed by atoms with van der Waals surface area (Å²) in [6.45, 7) is 0.863. The zero-order chi connectivity index (χ0) is 24.4. The van der Waals surface area contributed by atoms with Crippen molar-refractivity contribution < 1.29 is 14.0 Å². The quantitative estimate of drug-likeness (QED) is 0.429. The van der Waals surface area contributed by atoms with Crippen LogP contribution in [0.1, 0.15) is 23.2 Å². The van der Waals surface area contributed by atoms with E-state index in [-0.39, 0.29) is 23.5 Å². The van der Waals surface area contributed by atoms with Gasteiger partial charge in [-0.25, -0.2) is 9.07 Å². The van der Waals surface area contributed by atoms with Crippen molar-refractivity contribution in [1.82, 2.24) is 19.2 Å². The van der Waals surface area contributed by atoms with E-state index in [1.165, 1.54) is 18.3 Å². The molecule has 9 heteroatoms. The van der Waals surface area contributed by atoms with Gasteiger partial charge in [0.05, 0.1) is 17.8 Å². The van der Waals surface area contributed by atoms with Gasteiger partial charge in [-0.3, -0.25) is 9.59 Å². The molecular formula is C26H23ClFN5O2. The average molecular weight is 492 g/mol. The van der Waals surface area contributed by atoms with Gasteiger partial charge in [0.15, 0.2) is 5.82 Å². The van der Waals surface area contributed by atoms with E-state index in [1.54, 1.807) is 50.5 Å². The number of hydrogen-bond acceptors (Lipinski definition) is 3. The molecule has 7 nitrogen and oxygen atoms in total. The van der Waals surface area contributed by atoms with Crippen LogP contribution in [0.3, 0.4) is 0 Å². The van der Waals surface area contributed by atoms with E-state index >= 15 is 0 Å². The van der Waals surface area contributed by atoms with Crippen molar-refractivity contribution >= 4 is 29.1 Å². The van der Waals surface area contributed by atoms with Crippen molar-refractivity contribution in [3.8, 4) is 11.5 Å². The molecule has 178 valence electrons. The summed E-state index contributed by atoms with van der Waals surface area (Å²) in [6.07, 6.45) is 6.59. The summed E-state index contributed by atoms with van der Waals surface area (Å²) in [4.78, 5) is 28.2. The molecular weight excluding hydrogens is 469 g/mol. The van der Waals surface area contributed by atoms with E-state index < -0.39 is 0 Å². The third-order valence-electron chi connectivity index (χ3n) is 6.09. The lowest BCUT2D eigenvalue weighted by molar-refractivity contribution is -0.121. The highest BCUT2D eigenvalue weighted by molar-refractivity contribution is 6.30. The van der Waals surface area contributed by atoms with E-state index in [2.05, 4.69) is 10.4 Å². The van der Waals surface area contributed by atoms with Gasteiger partial charge in [-0.2, -0.15) is 5.10 Å². The maximum Gasteiger partial charge on any atom is 0.259 e. The maximum absolute atomic E-state index is 13.6. The Kier molecular flexibility index (Phi) is 6.37. The Morgan fingerprint density at radius 3 is 2.46 bits per heavy atom. The Morgan fingerprint density at radius 1 is 1.03 bits per heavy atom. The van der Waals surface area contributed by atoms with Gasteiger partial charge in [0.2, 0.25) is 5.91 Å². The zero-order valence-corrected chi connectivity index (χ0v) is 19.5. The fourth-order valence-electron chi connectivity index (χ4n) is 4.31. The monoisotopic (exact) mass is 491 g/mol. The van der Waals surface area contributed by atoms with Crippen LogP contribution in [0, 0.1) is 11.7 Å². The maximum atomic E-state index is 13.6. The Hall–Kier alpha value is -3.91. The molecule has 0 bridgehead atoms. The second-order valence-corrected chi connectivity index (χ2v) is 8.88. The summed E-state index contributed by atoms with van der Waals surface area (Å²) < 4.78 is 16.9. The van der Waals surface area contributed by atoms with Gasteiger partial charge in [0, 0.05) is 36.2 Å². The first-order valence-corrected chi connectivity index (χ1v) is 11.7. The molecule has 1 aliphatic heterocycles. The van der Waals surface area contributed by atoms with E-state index in [0.717, 1.165) is 6.42 Å². The summed E-state index contributed by atoms with van der Waals surface area (Å²) >= 11 is 5.92. The largest absolute Gasteiger partial charge is 0.338 e. The van der Waals surface area contributed by atoms with Crippen LogP contribution in [0.15, 0.2) is 79.3 Å². The fraction of sp³-hybridized carbons (Fsp3) is 0.192. The standard InChI is InChI=1S/C26H23ClFN5O2/c27-19-5-9-21(10-6-19)30-24(34)18-4-3-15-32(17-18)26(35)23-16-29-33(22-11-7-20(28)8-12-22)25(23)31-13-1-2-14-31/h1-2,5-14,16,18H,3-4,15,17H2,(H,30,34)/t18-/m1/s1. The molecule has 2 aromatic heterocycles. The average Bonchev–Trinajstić information content (AvgIpc) is 3.55. The summed E-state index contributed by atoms with van der Waals surface area (Å²) in [5.41, 5.74) is 1.70. The Labute approximate surface area is 206 Å². The number of likely N-dealkylation sites (tertiary alicyclic amines) is 1. The van der Waals surface area contributed by atoms with Crippen molar-refractivity contribution in [3.05, 3.63) is 95.7 Å². The van der Waals surface area contributed by atoms with Gasteiger partial charge in [0.25, 0.3) is 5.91 Å². The minimum absolute atomic E-state index is 0.127. The van der Waals surface area contributed by atoms with Crippen LogP contribution in [-0.2, 0) is 4.79 Å². The second-order valence-electron chi connectivity index (χ2n) is 8.45. The number of anilines is 1. The molecule has 0 radical (unpaired) electrons.